The maximum absolute atomic E-state index is 4.87. The Morgan fingerprint density at radius 1 is 1.05 bits per heavy atom. The lowest BCUT2D eigenvalue weighted by Gasteiger charge is -2.29. The van der Waals surface area contributed by atoms with Gasteiger partial charge in [0.05, 0.1) is 11.0 Å². The fourth-order valence-corrected chi connectivity index (χ4v) is 3.20. The quantitative estimate of drug-likeness (QED) is 0.876. The minimum Gasteiger partial charge on any atom is -0.340 e. The molecule has 4 nitrogen and oxygen atoms in total. The summed E-state index contributed by atoms with van der Waals surface area (Å²) in [5.74, 6) is 1.18. The molecule has 0 saturated carbocycles. The second-order valence-electron chi connectivity index (χ2n) is 5.19. The van der Waals surface area contributed by atoms with Crippen LogP contribution in [0.25, 0.3) is 11.0 Å². The first kappa shape index (κ1) is 15.4. The summed E-state index contributed by atoms with van der Waals surface area (Å²) < 4.78 is 2.43. The zero-order chi connectivity index (χ0) is 11.9. The number of hydrogen-bond acceptors (Lipinski definition) is 3. The van der Waals surface area contributed by atoms with E-state index in [1.807, 2.05) is 0 Å². The number of hydrogen-bond donors (Lipinski definition) is 1. The summed E-state index contributed by atoms with van der Waals surface area (Å²) in [4.78, 5) is 7.29. The number of halogens is 2. The minimum atomic E-state index is 0. The lowest BCUT2D eigenvalue weighted by atomic mass is 10.0. The molecular formula is C14H20Cl2N4. The van der Waals surface area contributed by atoms with Crippen LogP contribution in [0.15, 0.2) is 18.2 Å². The van der Waals surface area contributed by atoms with Crippen molar-refractivity contribution in [1.82, 2.24) is 14.9 Å². The molecule has 2 aromatic rings. The van der Waals surface area contributed by atoms with Crippen molar-refractivity contribution in [2.45, 2.75) is 19.4 Å². The lowest BCUT2D eigenvalue weighted by Crippen LogP contribution is -2.44. The van der Waals surface area contributed by atoms with E-state index >= 15 is 0 Å². The highest BCUT2D eigenvalue weighted by molar-refractivity contribution is 5.85. The van der Waals surface area contributed by atoms with Crippen molar-refractivity contribution in [3.63, 3.8) is 0 Å². The SMILES string of the molecule is Cl.Cl.c1cc2c3c(c1)nc(N1CCNCC1)n3CCC2. The number of benzene rings is 1. The molecule has 0 bridgehead atoms. The van der Waals surface area contributed by atoms with Gasteiger partial charge in [0.2, 0.25) is 5.95 Å². The van der Waals surface area contributed by atoms with Crippen LogP contribution in [0.2, 0.25) is 0 Å². The summed E-state index contributed by atoms with van der Waals surface area (Å²) in [6, 6.07) is 6.54. The van der Waals surface area contributed by atoms with Crippen molar-refractivity contribution < 1.29 is 0 Å². The van der Waals surface area contributed by atoms with E-state index in [-0.39, 0.29) is 24.8 Å². The molecule has 1 fully saturated rings. The second kappa shape index (κ2) is 6.20. The molecule has 20 heavy (non-hydrogen) atoms. The molecule has 3 heterocycles. The Hall–Kier alpha value is -0.970. The van der Waals surface area contributed by atoms with Crippen molar-refractivity contribution in [3.8, 4) is 0 Å². The number of anilines is 1. The van der Waals surface area contributed by atoms with Crippen molar-refractivity contribution in [3.05, 3.63) is 23.8 Å². The van der Waals surface area contributed by atoms with Gasteiger partial charge in [0.15, 0.2) is 0 Å². The van der Waals surface area contributed by atoms with Crippen LogP contribution in [0.4, 0.5) is 5.95 Å². The number of piperazine rings is 1. The molecular weight excluding hydrogens is 295 g/mol. The van der Waals surface area contributed by atoms with E-state index in [1.54, 1.807) is 0 Å². The second-order valence-corrected chi connectivity index (χ2v) is 5.19. The largest absolute Gasteiger partial charge is 0.340 e. The summed E-state index contributed by atoms with van der Waals surface area (Å²) >= 11 is 0. The van der Waals surface area contributed by atoms with Crippen LogP contribution in [-0.2, 0) is 13.0 Å². The molecule has 6 heteroatoms. The normalized spacial score (nSPS) is 17.5. The van der Waals surface area contributed by atoms with Crippen molar-refractivity contribution in [2.24, 2.45) is 0 Å². The van der Waals surface area contributed by atoms with E-state index in [0.29, 0.717) is 0 Å². The van der Waals surface area contributed by atoms with E-state index in [2.05, 4.69) is 33.0 Å². The zero-order valence-corrected chi connectivity index (χ0v) is 13.0. The molecule has 0 amide bonds. The first-order chi connectivity index (χ1) is 8.93. The van der Waals surface area contributed by atoms with Gasteiger partial charge < -0.3 is 14.8 Å². The van der Waals surface area contributed by atoms with Crippen LogP contribution in [0.3, 0.4) is 0 Å². The van der Waals surface area contributed by atoms with Crippen LogP contribution in [-0.4, -0.2) is 35.7 Å². The molecule has 2 aliphatic heterocycles. The summed E-state index contributed by atoms with van der Waals surface area (Å²) in [5, 5.41) is 3.40. The van der Waals surface area contributed by atoms with Gasteiger partial charge in [-0.1, -0.05) is 12.1 Å². The molecule has 0 aliphatic carbocycles. The summed E-state index contributed by atoms with van der Waals surface area (Å²) in [7, 11) is 0. The first-order valence-corrected chi connectivity index (χ1v) is 6.87. The topological polar surface area (TPSA) is 33.1 Å². The Labute approximate surface area is 131 Å². The number of imidazole rings is 1. The standard InChI is InChI=1S/C14H18N4.2ClH/c1-3-11-4-2-8-18-13(11)12(5-1)16-14(18)17-9-6-15-7-10-17;;/h1,3,5,15H,2,4,6-10H2;2*1H. The molecule has 4 rings (SSSR count). The van der Waals surface area contributed by atoms with E-state index in [1.165, 1.54) is 35.4 Å². The maximum atomic E-state index is 4.87. The predicted octanol–water partition coefficient (Wildman–Crippen LogP) is 2.24. The van der Waals surface area contributed by atoms with E-state index in [4.69, 9.17) is 4.98 Å². The molecule has 0 radical (unpaired) electrons. The fraction of sp³-hybridized carbons (Fsp3) is 0.500. The minimum absolute atomic E-state index is 0. The van der Waals surface area contributed by atoms with E-state index in [0.717, 1.165) is 32.7 Å². The van der Waals surface area contributed by atoms with Gasteiger partial charge in [-0.05, 0) is 24.5 Å². The van der Waals surface area contributed by atoms with Gasteiger partial charge in [-0.2, -0.15) is 0 Å². The molecule has 2 aliphatic rings. The third-order valence-corrected chi connectivity index (χ3v) is 4.06. The summed E-state index contributed by atoms with van der Waals surface area (Å²) in [6.07, 6.45) is 2.44. The molecule has 0 atom stereocenters. The van der Waals surface area contributed by atoms with E-state index in [9.17, 15) is 0 Å². The Balaban J connectivity index is 0.000000735. The molecule has 0 unspecified atom stereocenters. The predicted molar refractivity (Wildman–Crippen MR) is 87.6 cm³/mol. The van der Waals surface area contributed by atoms with Gasteiger partial charge in [0.25, 0.3) is 0 Å². The summed E-state index contributed by atoms with van der Waals surface area (Å²) in [6.45, 7) is 5.39. The molecule has 0 spiro atoms. The van der Waals surface area contributed by atoms with Gasteiger partial charge in [-0.3, -0.25) is 0 Å². The number of aryl methyl sites for hydroxylation is 2. The average Bonchev–Trinajstić information content (AvgIpc) is 2.82. The maximum Gasteiger partial charge on any atom is 0.206 e. The number of nitrogens with one attached hydrogen (secondary N) is 1. The van der Waals surface area contributed by atoms with Crippen LogP contribution >= 0.6 is 24.8 Å². The number of para-hydroxylation sites is 1. The Morgan fingerprint density at radius 3 is 2.65 bits per heavy atom. The average molecular weight is 315 g/mol. The molecule has 1 aromatic heterocycles. The Morgan fingerprint density at radius 2 is 1.85 bits per heavy atom. The van der Waals surface area contributed by atoms with Crippen LogP contribution < -0.4 is 10.2 Å². The van der Waals surface area contributed by atoms with Crippen molar-refractivity contribution in [2.75, 3.05) is 31.1 Å². The lowest BCUT2D eigenvalue weighted by molar-refractivity contribution is 0.556. The van der Waals surface area contributed by atoms with Gasteiger partial charge in [0.1, 0.15) is 0 Å². The van der Waals surface area contributed by atoms with Crippen LogP contribution in [0.5, 0.6) is 0 Å². The number of nitrogens with zero attached hydrogens (tertiary/aromatic N) is 3. The van der Waals surface area contributed by atoms with Crippen LogP contribution in [0.1, 0.15) is 12.0 Å². The van der Waals surface area contributed by atoms with Gasteiger partial charge in [-0.25, -0.2) is 4.98 Å². The molecule has 110 valence electrons. The smallest absolute Gasteiger partial charge is 0.206 e. The van der Waals surface area contributed by atoms with Gasteiger partial charge >= 0.3 is 0 Å². The molecule has 1 N–H and O–H groups in total. The zero-order valence-electron chi connectivity index (χ0n) is 11.3. The third-order valence-electron chi connectivity index (χ3n) is 4.06. The van der Waals surface area contributed by atoms with E-state index < -0.39 is 0 Å². The monoisotopic (exact) mass is 314 g/mol. The highest BCUT2D eigenvalue weighted by atomic mass is 35.5. The molecule has 1 saturated heterocycles. The van der Waals surface area contributed by atoms with Gasteiger partial charge in [-0.15, -0.1) is 24.8 Å². The van der Waals surface area contributed by atoms with Crippen LogP contribution in [0, 0.1) is 0 Å². The number of aromatic nitrogens is 2. The van der Waals surface area contributed by atoms with Gasteiger partial charge in [0, 0.05) is 32.7 Å². The fourth-order valence-electron chi connectivity index (χ4n) is 3.20. The third kappa shape index (κ3) is 2.36. The first-order valence-electron chi connectivity index (χ1n) is 6.87. The van der Waals surface area contributed by atoms with Crippen molar-refractivity contribution in [1.29, 1.82) is 0 Å². The highest BCUT2D eigenvalue weighted by Crippen LogP contribution is 2.30. The Kier molecular flexibility index (Phi) is 4.78. The highest BCUT2D eigenvalue weighted by Gasteiger charge is 2.22. The Bertz CT molecular complexity index is 590. The number of rotatable bonds is 1. The summed E-state index contributed by atoms with van der Waals surface area (Å²) in [5.41, 5.74) is 4.01. The van der Waals surface area contributed by atoms with Crippen molar-refractivity contribution >= 4 is 41.8 Å². The molecule has 1 aromatic carbocycles.